The molecule has 0 aliphatic heterocycles. The van der Waals surface area contributed by atoms with Crippen LogP contribution in [0.15, 0.2) is 12.3 Å². The van der Waals surface area contributed by atoms with Crippen LogP contribution in [0.25, 0.3) is 0 Å². The number of amides is 1. The zero-order valence-corrected chi connectivity index (χ0v) is 7.76. The topological polar surface area (TPSA) is 83.4 Å². The van der Waals surface area contributed by atoms with Crippen molar-refractivity contribution in [3.63, 3.8) is 0 Å². The summed E-state index contributed by atoms with van der Waals surface area (Å²) in [5.41, 5.74) is -0.190. The summed E-state index contributed by atoms with van der Waals surface area (Å²) < 4.78 is 0. The number of hydrogen-bond acceptors (Lipinski definition) is 4. The van der Waals surface area contributed by atoms with Crippen LogP contribution in [0.1, 0.15) is 21.1 Å². The smallest absolute Gasteiger partial charge is 0.354 e. The first-order chi connectivity index (χ1) is 6.52. The summed E-state index contributed by atoms with van der Waals surface area (Å²) in [4.78, 5) is 30.4. The van der Waals surface area contributed by atoms with Gasteiger partial charge in [0.05, 0.1) is 0 Å². The normalized spacial score (nSPS) is 9.57. The Kier molecular flexibility index (Phi) is 2.76. The Bertz CT molecular complexity index is 376. The minimum atomic E-state index is -1.18. The Hall–Kier alpha value is -1.98. The Morgan fingerprint density at radius 2 is 2.07 bits per heavy atom. The summed E-state index contributed by atoms with van der Waals surface area (Å²) >= 11 is 0. The first kappa shape index (κ1) is 10.1. The molecule has 14 heavy (non-hydrogen) atoms. The van der Waals surface area contributed by atoms with Crippen molar-refractivity contribution >= 4 is 11.9 Å². The summed E-state index contributed by atoms with van der Waals surface area (Å²) in [6, 6.07) is 1.23. The highest BCUT2D eigenvalue weighted by Gasteiger charge is 2.13. The molecule has 0 spiro atoms. The molecular weight excluding hydrogens is 186 g/mol. The van der Waals surface area contributed by atoms with E-state index in [2.05, 4.69) is 9.97 Å². The van der Waals surface area contributed by atoms with Crippen molar-refractivity contribution in [1.82, 2.24) is 14.9 Å². The van der Waals surface area contributed by atoms with Crippen molar-refractivity contribution in [3.05, 3.63) is 23.8 Å². The summed E-state index contributed by atoms with van der Waals surface area (Å²) in [7, 11) is 3.08. The fraction of sp³-hybridized carbons (Fsp3) is 0.250. The third kappa shape index (κ3) is 2.03. The highest BCUT2D eigenvalue weighted by Crippen LogP contribution is 1.98. The van der Waals surface area contributed by atoms with Crippen LogP contribution >= 0.6 is 0 Å². The fourth-order valence-electron chi connectivity index (χ4n) is 0.781. The van der Waals surface area contributed by atoms with Gasteiger partial charge in [-0.2, -0.15) is 0 Å². The number of nitrogens with zero attached hydrogens (tertiary/aromatic N) is 3. The molecule has 0 saturated carbocycles. The Morgan fingerprint density at radius 1 is 1.43 bits per heavy atom. The molecule has 1 heterocycles. The molecule has 1 amide bonds. The minimum Gasteiger partial charge on any atom is -0.477 e. The number of rotatable bonds is 2. The second kappa shape index (κ2) is 3.82. The van der Waals surface area contributed by atoms with E-state index in [0.717, 1.165) is 0 Å². The van der Waals surface area contributed by atoms with Gasteiger partial charge in [0.15, 0.2) is 5.69 Å². The summed E-state index contributed by atoms with van der Waals surface area (Å²) in [6.07, 6.45) is 1.24. The van der Waals surface area contributed by atoms with E-state index >= 15 is 0 Å². The van der Waals surface area contributed by atoms with Crippen LogP contribution in [0.4, 0.5) is 0 Å². The molecule has 1 N–H and O–H groups in total. The second-order valence-electron chi connectivity index (χ2n) is 2.77. The summed E-state index contributed by atoms with van der Waals surface area (Å²) in [5, 5.41) is 8.61. The maximum Gasteiger partial charge on any atom is 0.354 e. The average molecular weight is 195 g/mol. The van der Waals surface area contributed by atoms with Crippen LogP contribution in [0.2, 0.25) is 0 Å². The number of carbonyl (C=O) groups excluding carboxylic acids is 1. The highest BCUT2D eigenvalue weighted by atomic mass is 16.4. The Balaban J connectivity index is 3.06. The molecule has 0 atom stereocenters. The molecule has 6 nitrogen and oxygen atoms in total. The summed E-state index contributed by atoms with van der Waals surface area (Å²) in [5.74, 6) is -1.72. The zero-order valence-electron chi connectivity index (χ0n) is 7.76. The average Bonchev–Trinajstić information content (AvgIpc) is 2.16. The molecule has 0 radical (unpaired) electrons. The van der Waals surface area contributed by atoms with Crippen molar-refractivity contribution in [2.45, 2.75) is 0 Å². The van der Waals surface area contributed by atoms with Crippen molar-refractivity contribution in [2.75, 3.05) is 14.1 Å². The lowest BCUT2D eigenvalue weighted by molar-refractivity contribution is 0.0689. The lowest BCUT2D eigenvalue weighted by atomic mass is 10.4. The molecule has 0 saturated heterocycles. The van der Waals surface area contributed by atoms with Crippen molar-refractivity contribution in [1.29, 1.82) is 0 Å². The van der Waals surface area contributed by atoms with Crippen LogP contribution in [0.5, 0.6) is 0 Å². The molecule has 0 aliphatic carbocycles. The van der Waals surface area contributed by atoms with Gasteiger partial charge in [-0.1, -0.05) is 0 Å². The third-order valence-electron chi connectivity index (χ3n) is 1.47. The predicted octanol–water partition coefficient (Wildman–Crippen LogP) is -0.123. The molecule has 1 rings (SSSR count). The Morgan fingerprint density at radius 3 is 2.57 bits per heavy atom. The SMILES string of the molecule is CN(C)C(=O)c1nccc(C(=O)O)n1. The predicted molar refractivity (Wildman–Crippen MR) is 47.0 cm³/mol. The second-order valence-corrected chi connectivity index (χ2v) is 2.77. The number of aromatic nitrogens is 2. The maximum atomic E-state index is 11.3. The number of carboxylic acid groups (broad SMARTS) is 1. The van der Waals surface area contributed by atoms with Crippen molar-refractivity contribution in [2.24, 2.45) is 0 Å². The van der Waals surface area contributed by atoms with Crippen LogP contribution in [-0.4, -0.2) is 45.9 Å². The fourth-order valence-corrected chi connectivity index (χ4v) is 0.781. The molecular formula is C8H9N3O3. The van der Waals surface area contributed by atoms with Crippen LogP contribution in [-0.2, 0) is 0 Å². The van der Waals surface area contributed by atoms with Gasteiger partial charge in [-0.05, 0) is 6.07 Å². The standard InChI is InChI=1S/C8H9N3O3/c1-11(2)7(12)6-9-4-3-5(10-6)8(13)14/h3-4H,1-2H3,(H,13,14). The number of carboxylic acids is 1. The van der Waals surface area contributed by atoms with Gasteiger partial charge in [0.1, 0.15) is 0 Å². The van der Waals surface area contributed by atoms with E-state index in [1.807, 2.05) is 0 Å². The molecule has 0 bridgehead atoms. The largest absolute Gasteiger partial charge is 0.477 e. The first-order valence-electron chi connectivity index (χ1n) is 3.80. The number of carbonyl (C=O) groups is 2. The van der Waals surface area contributed by atoms with Gasteiger partial charge in [-0.15, -0.1) is 0 Å². The van der Waals surface area contributed by atoms with Gasteiger partial charge in [-0.25, -0.2) is 14.8 Å². The molecule has 6 heteroatoms. The van der Waals surface area contributed by atoms with Crippen LogP contribution in [0.3, 0.4) is 0 Å². The van der Waals surface area contributed by atoms with E-state index in [4.69, 9.17) is 5.11 Å². The van der Waals surface area contributed by atoms with Crippen LogP contribution in [0, 0.1) is 0 Å². The summed E-state index contributed by atoms with van der Waals surface area (Å²) in [6.45, 7) is 0. The number of aromatic carboxylic acids is 1. The third-order valence-corrected chi connectivity index (χ3v) is 1.47. The maximum absolute atomic E-state index is 11.3. The van der Waals surface area contributed by atoms with E-state index in [1.165, 1.54) is 17.2 Å². The zero-order chi connectivity index (χ0) is 10.7. The van der Waals surface area contributed by atoms with E-state index in [-0.39, 0.29) is 11.5 Å². The van der Waals surface area contributed by atoms with E-state index < -0.39 is 11.9 Å². The monoisotopic (exact) mass is 195 g/mol. The molecule has 0 fully saturated rings. The van der Waals surface area contributed by atoms with Crippen LogP contribution < -0.4 is 0 Å². The van der Waals surface area contributed by atoms with Gasteiger partial charge in [0.25, 0.3) is 5.91 Å². The van der Waals surface area contributed by atoms with Gasteiger partial charge in [0.2, 0.25) is 5.82 Å². The molecule has 0 aliphatic rings. The molecule has 1 aromatic heterocycles. The van der Waals surface area contributed by atoms with Crippen molar-refractivity contribution in [3.8, 4) is 0 Å². The molecule has 74 valence electrons. The van der Waals surface area contributed by atoms with E-state index in [0.29, 0.717) is 0 Å². The lowest BCUT2D eigenvalue weighted by Crippen LogP contribution is -2.24. The van der Waals surface area contributed by atoms with Gasteiger partial charge < -0.3 is 10.0 Å². The quantitative estimate of drug-likeness (QED) is 0.711. The number of hydrogen-bond donors (Lipinski definition) is 1. The minimum absolute atomic E-state index is 0.116. The van der Waals surface area contributed by atoms with E-state index in [9.17, 15) is 9.59 Å². The van der Waals surface area contributed by atoms with Gasteiger partial charge in [0, 0.05) is 20.3 Å². The van der Waals surface area contributed by atoms with Gasteiger partial charge >= 0.3 is 5.97 Å². The first-order valence-corrected chi connectivity index (χ1v) is 3.80. The van der Waals surface area contributed by atoms with Gasteiger partial charge in [-0.3, -0.25) is 4.79 Å². The molecule has 0 aromatic carbocycles. The molecule has 1 aromatic rings. The Labute approximate surface area is 80.2 Å². The molecule has 0 unspecified atom stereocenters. The highest BCUT2D eigenvalue weighted by molar-refractivity contribution is 5.92. The van der Waals surface area contributed by atoms with E-state index in [1.54, 1.807) is 14.1 Å². The lowest BCUT2D eigenvalue weighted by Gasteiger charge is -2.08. The van der Waals surface area contributed by atoms with Crippen molar-refractivity contribution < 1.29 is 14.7 Å².